The second kappa shape index (κ2) is 6.08. The number of rotatable bonds is 4. The number of amides is 2. The lowest BCUT2D eigenvalue weighted by molar-refractivity contribution is -0.0683. The summed E-state index contributed by atoms with van der Waals surface area (Å²) in [5, 5.41) is 10.5. The Bertz CT molecular complexity index is 579. The number of nitrogens with two attached hydrogens (primary N) is 1. The minimum Gasteiger partial charge on any atom is -0.504 e. The largest absolute Gasteiger partial charge is 0.504 e. The summed E-state index contributed by atoms with van der Waals surface area (Å²) in [7, 11) is 1.43. The average Bonchev–Trinajstić information content (AvgIpc) is 2.74. The molecule has 114 valence electrons. The lowest BCUT2D eigenvalue weighted by Crippen LogP contribution is -2.38. The molecule has 21 heavy (non-hydrogen) atoms. The molecule has 2 rings (SSSR count). The van der Waals surface area contributed by atoms with Crippen LogP contribution in [0.1, 0.15) is 5.56 Å². The van der Waals surface area contributed by atoms with E-state index in [1.165, 1.54) is 13.2 Å². The number of carbonyl (C=O) groups is 2. The molecular weight excluding hydrogens is 348 g/mol. The van der Waals surface area contributed by atoms with Crippen LogP contribution in [0.3, 0.4) is 0 Å². The number of nitrogens with zero attached hydrogens (tertiary/aromatic N) is 1. The third-order valence-corrected chi connectivity index (χ3v) is 3.64. The van der Waals surface area contributed by atoms with Crippen molar-refractivity contribution in [3.63, 3.8) is 0 Å². The van der Waals surface area contributed by atoms with Gasteiger partial charge in [-0.1, -0.05) is 15.9 Å². The molecule has 1 aromatic carbocycles. The molecule has 8 nitrogen and oxygen atoms in total. The summed E-state index contributed by atoms with van der Waals surface area (Å²) < 4.78 is 10.5. The van der Waals surface area contributed by atoms with Gasteiger partial charge in [0.25, 0.3) is 0 Å². The first-order valence-corrected chi connectivity index (χ1v) is 6.70. The molecule has 0 saturated carbocycles. The van der Waals surface area contributed by atoms with Crippen molar-refractivity contribution in [3.8, 4) is 11.5 Å². The van der Waals surface area contributed by atoms with Crippen LogP contribution in [-0.2, 0) is 16.0 Å². The molecule has 0 aromatic heterocycles. The Balaban J connectivity index is 2.20. The van der Waals surface area contributed by atoms with Gasteiger partial charge in [0.05, 0.1) is 7.11 Å². The van der Waals surface area contributed by atoms with E-state index in [0.717, 1.165) is 10.6 Å². The van der Waals surface area contributed by atoms with Crippen molar-refractivity contribution in [2.45, 2.75) is 12.5 Å². The van der Waals surface area contributed by atoms with Crippen molar-refractivity contribution in [1.29, 1.82) is 0 Å². The highest BCUT2D eigenvalue weighted by molar-refractivity contribution is 9.10. The van der Waals surface area contributed by atoms with Gasteiger partial charge in [-0.3, -0.25) is 0 Å². The lowest BCUT2D eigenvalue weighted by Gasteiger charge is -2.19. The van der Waals surface area contributed by atoms with Crippen LogP contribution in [0.25, 0.3) is 0 Å². The number of cyclic esters (lactones) is 1. The number of ether oxygens (including phenoxy) is 2. The Labute approximate surface area is 128 Å². The predicted molar refractivity (Wildman–Crippen MR) is 73.7 cm³/mol. The number of hydrogen-bond acceptors (Lipinski definition) is 6. The van der Waals surface area contributed by atoms with Gasteiger partial charge in [0.15, 0.2) is 11.5 Å². The molecule has 1 atom stereocenters. The summed E-state index contributed by atoms with van der Waals surface area (Å²) in [6.07, 6.45) is -1.56. The van der Waals surface area contributed by atoms with Gasteiger partial charge >= 0.3 is 12.2 Å². The standard InChI is InChI=1S/C12H13BrN2O6/c1-19-10-3-6(8(13)4-9(10)16)2-7-5-20-12(18)15(7)21-11(14)17/h3-4,7,16H,2,5H2,1H3,(H2,14,17)/t7-/m1/s1. The summed E-state index contributed by atoms with van der Waals surface area (Å²) in [5.74, 6) is 0.276. The van der Waals surface area contributed by atoms with Gasteiger partial charge in [-0.2, -0.15) is 0 Å². The van der Waals surface area contributed by atoms with Gasteiger partial charge < -0.3 is 25.2 Å². The van der Waals surface area contributed by atoms with Gasteiger partial charge in [-0.25, -0.2) is 9.59 Å². The first-order chi connectivity index (χ1) is 9.92. The third kappa shape index (κ3) is 3.30. The average molecular weight is 361 g/mol. The highest BCUT2D eigenvalue weighted by Gasteiger charge is 2.36. The van der Waals surface area contributed by atoms with E-state index in [4.69, 9.17) is 15.2 Å². The van der Waals surface area contributed by atoms with Crippen LogP contribution in [0, 0.1) is 0 Å². The number of phenolic OH excluding ortho intramolecular Hbond substituents is 1. The van der Waals surface area contributed by atoms with Crippen molar-refractivity contribution in [2.24, 2.45) is 5.73 Å². The summed E-state index contributed by atoms with van der Waals surface area (Å²) >= 11 is 3.31. The molecule has 1 saturated heterocycles. The van der Waals surface area contributed by atoms with Gasteiger partial charge in [0.1, 0.15) is 12.6 Å². The maximum Gasteiger partial charge on any atom is 0.443 e. The zero-order valence-electron chi connectivity index (χ0n) is 11.0. The molecule has 1 aliphatic heterocycles. The molecule has 9 heteroatoms. The monoisotopic (exact) mass is 360 g/mol. The fraction of sp³-hybridized carbons (Fsp3) is 0.333. The van der Waals surface area contributed by atoms with Crippen LogP contribution in [0.15, 0.2) is 16.6 Å². The summed E-state index contributed by atoms with van der Waals surface area (Å²) in [5.41, 5.74) is 5.65. The number of carbonyl (C=O) groups excluding carboxylic acids is 2. The Morgan fingerprint density at radius 2 is 2.33 bits per heavy atom. The lowest BCUT2D eigenvalue weighted by atomic mass is 10.1. The highest BCUT2D eigenvalue weighted by Crippen LogP contribution is 2.33. The predicted octanol–water partition coefficient (Wildman–Crippen LogP) is 1.54. The molecular formula is C12H13BrN2O6. The van der Waals surface area contributed by atoms with E-state index >= 15 is 0 Å². The number of primary amides is 1. The summed E-state index contributed by atoms with van der Waals surface area (Å²) in [6.45, 7) is 0.0573. The van der Waals surface area contributed by atoms with E-state index in [2.05, 4.69) is 20.8 Å². The summed E-state index contributed by atoms with van der Waals surface area (Å²) in [6, 6.07) is 2.57. The summed E-state index contributed by atoms with van der Waals surface area (Å²) in [4.78, 5) is 26.9. The quantitative estimate of drug-likeness (QED) is 0.842. The van der Waals surface area contributed by atoms with Crippen molar-refractivity contribution in [3.05, 3.63) is 22.2 Å². The topological polar surface area (TPSA) is 111 Å². The maximum absolute atomic E-state index is 11.5. The van der Waals surface area contributed by atoms with Gasteiger partial charge in [-0.15, -0.1) is 5.06 Å². The second-order valence-corrected chi connectivity index (χ2v) is 5.14. The molecule has 1 heterocycles. The molecule has 0 bridgehead atoms. The molecule has 0 aliphatic carbocycles. The molecule has 0 radical (unpaired) electrons. The van der Waals surface area contributed by atoms with Crippen LogP contribution in [-0.4, -0.2) is 42.1 Å². The SMILES string of the molecule is COc1cc(C[C@@H]2COC(=O)N2OC(N)=O)c(Br)cc1O. The van der Waals surface area contributed by atoms with Crippen LogP contribution < -0.4 is 10.5 Å². The normalized spacial score (nSPS) is 17.5. The highest BCUT2D eigenvalue weighted by atomic mass is 79.9. The van der Waals surface area contributed by atoms with E-state index in [-0.39, 0.29) is 12.4 Å². The smallest absolute Gasteiger partial charge is 0.443 e. The molecule has 3 N–H and O–H groups in total. The fourth-order valence-electron chi connectivity index (χ4n) is 1.96. The van der Waals surface area contributed by atoms with E-state index in [1.807, 2.05) is 0 Å². The van der Waals surface area contributed by atoms with E-state index < -0.39 is 18.2 Å². The van der Waals surface area contributed by atoms with Crippen LogP contribution in [0.4, 0.5) is 9.59 Å². The molecule has 1 aliphatic rings. The number of hydrogen-bond donors (Lipinski definition) is 2. The second-order valence-electron chi connectivity index (χ2n) is 4.29. The maximum atomic E-state index is 11.5. The van der Waals surface area contributed by atoms with Crippen LogP contribution in [0.2, 0.25) is 0 Å². The van der Waals surface area contributed by atoms with Gasteiger partial charge in [-0.05, 0) is 17.7 Å². The van der Waals surface area contributed by atoms with Gasteiger partial charge in [0, 0.05) is 10.9 Å². The zero-order valence-corrected chi connectivity index (χ0v) is 12.6. The van der Waals surface area contributed by atoms with Crippen molar-refractivity contribution >= 4 is 28.1 Å². The first-order valence-electron chi connectivity index (χ1n) is 5.91. The van der Waals surface area contributed by atoms with E-state index in [0.29, 0.717) is 16.6 Å². The molecule has 0 unspecified atom stereocenters. The number of hydroxylamine groups is 2. The molecule has 1 aromatic rings. The van der Waals surface area contributed by atoms with E-state index in [1.54, 1.807) is 6.07 Å². The van der Waals surface area contributed by atoms with Crippen molar-refractivity contribution in [1.82, 2.24) is 5.06 Å². The molecule has 2 amide bonds. The molecule has 1 fully saturated rings. The van der Waals surface area contributed by atoms with Crippen LogP contribution >= 0.6 is 15.9 Å². The molecule has 0 spiro atoms. The van der Waals surface area contributed by atoms with Gasteiger partial charge in [0.2, 0.25) is 0 Å². The van der Waals surface area contributed by atoms with E-state index in [9.17, 15) is 14.7 Å². The van der Waals surface area contributed by atoms with Crippen molar-refractivity contribution in [2.75, 3.05) is 13.7 Å². The minimum absolute atomic E-state index is 0.0166. The Hall–Kier alpha value is -2.16. The Morgan fingerprint density at radius 3 is 2.95 bits per heavy atom. The number of methoxy groups -OCH3 is 1. The zero-order chi connectivity index (χ0) is 15.6. The number of benzene rings is 1. The Morgan fingerprint density at radius 1 is 1.62 bits per heavy atom. The number of aromatic hydroxyl groups is 1. The number of phenols is 1. The van der Waals surface area contributed by atoms with Crippen molar-refractivity contribution < 1.29 is 29.0 Å². The Kier molecular flexibility index (Phi) is 4.41. The fourth-order valence-corrected chi connectivity index (χ4v) is 2.45. The first kappa shape index (κ1) is 15.2. The minimum atomic E-state index is -1.10. The third-order valence-electron chi connectivity index (χ3n) is 2.90. The van der Waals surface area contributed by atoms with Crippen LogP contribution in [0.5, 0.6) is 11.5 Å². The number of halogens is 1.